The molecule has 110 valence electrons. The minimum atomic E-state index is -0.0382. The molecule has 0 atom stereocenters. The number of benzene rings is 2. The topological polar surface area (TPSA) is 58.4 Å². The van der Waals surface area contributed by atoms with Gasteiger partial charge in [0.15, 0.2) is 0 Å². The number of nitrogens with one attached hydrogen (secondary N) is 1. The zero-order chi connectivity index (χ0) is 15.2. The summed E-state index contributed by atoms with van der Waals surface area (Å²) in [4.78, 5) is 13.9. The molecule has 3 N–H and O–H groups in total. The number of halogens is 1. The van der Waals surface area contributed by atoms with E-state index in [9.17, 15) is 4.79 Å². The van der Waals surface area contributed by atoms with Crippen LogP contribution in [0.15, 0.2) is 53.0 Å². The van der Waals surface area contributed by atoms with Gasteiger partial charge in [-0.2, -0.15) is 0 Å². The van der Waals surface area contributed by atoms with Gasteiger partial charge in [0.25, 0.3) is 0 Å². The van der Waals surface area contributed by atoms with Crippen molar-refractivity contribution >= 4 is 33.2 Å². The van der Waals surface area contributed by atoms with E-state index < -0.39 is 0 Å². The van der Waals surface area contributed by atoms with E-state index in [1.165, 1.54) is 0 Å². The number of anilines is 2. The predicted octanol–water partition coefficient (Wildman–Crippen LogP) is 3.10. The fraction of sp³-hybridized carbons (Fsp3) is 0.188. The maximum atomic E-state index is 12.0. The standard InChI is InChI=1S/C16H18BrN3O/c1-20(10-12-3-2-4-14(18)9-12)11-16(21)19-15-7-5-13(17)6-8-15/h2-9H,10-11,18H2,1H3,(H,19,21). The lowest BCUT2D eigenvalue weighted by Crippen LogP contribution is -2.29. The number of carbonyl (C=O) groups is 1. The third-order valence-corrected chi connectivity index (χ3v) is 3.47. The molecule has 0 aliphatic heterocycles. The summed E-state index contributed by atoms with van der Waals surface area (Å²) >= 11 is 3.36. The number of nitrogen functional groups attached to an aromatic ring is 1. The van der Waals surface area contributed by atoms with Crippen LogP contribution in [0.3, 0.4) is 0 Å². The van der Waals surface area contributed by atoms with Gasteiger partial charge in [-0.3, -0.25) is 9.69 Å². The Morgan fingerprint density at radius 3 is 2.62 bits per heavy atom. The molecule has 1 amide bonds. The molecule has 2 aromatic carbocycles. The van der Waals surface area contributed by atoms with Gasteiger partial charge in [0.2, 0.25) is 5.91 Å². The minimum Gasteiger partial charge on any atom is -0.399 e. The van der Waals surface area contributed by atoms with Gasteiger partial charge in [0, 0.05) is 22.4 Å². The zero-order valence-electron chi connectivity index (χ0n) is 11.8. The van der Waals surface area contributed by atoms with Crippen molar-refractivity contribution in [2.75, 3.05) is 24.6 Å². The molecule has 0 saturated heterocycles. The van der Waals surface area contributed by atoms with E-state index in [-0.39, 0.29) is 5.91 Å². The van der Waals surface area contributed by atoms with E-state index in [2.05, 4.69) is 21.2 Å². The van der Waals surface area contributed by atoms with Crippen LogP contribution in [0.1, 0.15) is 5.56 Å². The average molecular weight is 348 g/mol. The lowest BCUT2D eigenvalue weighted by atomic mass is 10.2. The van der Waals surface area contributed by atoms with Crippen LogP contribution in [0.4, 0.5) is 11.4 Å². The quantitative estimate of drug-likeness (QED) is 0.817. The summed E-state index contributed by atoms with van der Waals surface area (Å²) in [6.45, 7) is 1.00. The maximum Gasteiger partial charge on any atom is 0.238 e. The predicted molar refractivity (Wildman–Crippen MR) is 90.0 cm³/mol. The maximum absolute atomic E-state index is 12.0. The van der Waals surface area contributed by atoms with Crippen LogP contribution in [0.25, 0.3) is 0 Å². The first-order valence-corrected chi connectivity index (χ1v) is 7.40. The number of hydrogen-bond acceptors (Lipinski definition) is 3. The lowest BCUT2D eigenvalue weighted by molar-refractivity contribution is -0.117. The third kappa shape index (κ3) is 5.21. The van der Waals surface area contributed by atoms with Crippen LogP contribution in [0.5, 0.6) is 0 Å². The molecule has 2 aromatic rings. The van der Waals surface area contributed by atoms with Crippen molar-refractivity contribution in [2.24, 2.45) is 0 Å². The fourth-order valence-corrected chi connectivity index (χ4v) is 2.30. The zero-order valence-corrected chi connectivity index (χ0v) is 13.4. The summed E-state index contributed by atoms with van der Waals surface area (Å²) in [7, 11) is 1.91. The monoisotopic (exact) mass is 347 g/mol. The lowest BCUT2D eigenvalue weighted by Gasteiger charge is -2.16. The van der Waals surface area contributed by atoms with E-state index in [0.717, 1.165) is 21.4 Å². The van der Waals surface area contributed by atoms with E-state index in [0.29, 0.717) is 13.1 Å². The number of carbonyl (C=O) groups excluding carboxylic acids is 1. The van der Waals surface area contributed by atoms with Gasteiger partial charge in [-0.25, -0.2) is 0 Å². The van der Waals surface area contributed by atoms with E-state index >= 15 is 0 Å². The molecule has 0 heterocycles. The smallest absolute Gasteiger partial charge is 0.238 e. The normalized spacial score (nSPS) is 10.6. The Labute approximate surface area is 133 Å². The van der Waals surface area contributed by atoms with Gasteiger partial charge < -0.3 is 11.1 Å². The highest BCUT2D eigenvalue weighted by Gasteiger charge is 2.07. The van der Waals surface area contributed by atoms with Gasteiger partial charge in [-0.05, 0) is 49.0 Å². The van der Waals surface area contributed by atoms with Crippen molar-refractivity contribution in [3.8, 4) is 0 Å². The molecule has 5 heteroatoms. The van der Waals surface area contributed by atoms with Crippen molar-refractivity contribution in [1.29, 1.82) is 0 Å². The van der Waals surface area contributed by atoms with Crippen molar-refractivity contribution < 1.29 is 4.79 Å². The molecule has 2 rings (SSSR count). The first-order chi connectivity index (χ1) is 10.0. The molecule has 21 heavy (non-hydrogen) atoms. The van der Waals surface area contributed by atoms with Crippen molar-refractivity contribution in [3.05, 3.63) is 58.6 Å². The Morgan fingerprint density at radius 1 is 1.24 bits per heavy atom. The molecule has 0 aromatic heterocycles. The highest BCUT2D eigenvalue weighted by atomic mass is 79.9. The van der Waals surface area contributed by atoms with E-state index in [1.54, 1.807) is 0 Å². The van der Waals surface area contributed by atoms with Crippen LogP contribution >= 0.6 is 15.9 Å². The summed E-state index contributed by atoms with van der Waals surface area (Å²) in [5.74, 6) is -0.0382. The molecule has 0 unspecified atom stereocenters. The SMILES string of the molecule is CN(CC(=O)Nc1ccc(Br)cc1)Cc1cccc(N)c1. The van der Waals surface area contributed by atoms with Gasteiger partial charge in [-0.1, -0.05) is 28.1 Å². The molecular weight excluding hydrogens is 330 g/mol. The van der Waals surface area contributed by atoms with Gasteiger partial charge in [0.1, 0.15) is 0 Å². The summed E-state index contributed by atoms with van der Waals surface area (Å²) in [6.07, 6.45) is 0. The molecule has 4 nitrogen and oxygen atoms in total. The number of rotatable bonds is 5. The fourth-order valence-electron chi connectivity index (χ4n) is 2.04. The van der Waals surface area contributed by atoms with Crippen molar-refractivity contribution in [2.45, 2.75) is 6.54 Å². The van der Waals surface area contributed by atoms with Gasteiger partial charge in [-0.15, -0.1) is 0 Å². The highest BCUT2D eigenvalue weighted by Crippen LogP contribution is 2.14. The number of likely N-dealkylation sites (N-methyl/N-ethyl adjacent to an activating group) is 1. The Kier molecular flexibility index (Phi) is 5.36. The second kappa shape index (κ2) is 7.24. The van der Waals surface area contributed by atoms with Crippen LogP contribution in [-0.4, -0.2) is 24.4 Å². The van der Waals surface area contributed by atoms with Gasteiger partial charge >= 0.3 is 0 Å². The van der Waals surface area contributed by atoms with E-state index in [1.807, 2.05) is 60.5 Å². The van der Waals surface area contributed by atoms with E-state index in [4.69, 9.17) is 5.73 Å². The van der Waals surface area contributed by atoms with Crippen LogP contribution in [0.2, 0.25) is 0 Å². The summed E-state index contributed by atoms with van der Waals surface area (Å²) < 4.78 is 0.985. The average Bonchev–Trinajstić information content (AvgIpc) is 2.41. The summed E-state index contributed by atoms with van der Waals surface area (Å²) in [6, 6.07) is 15.2. The third-order valence-electron chi connectivity index (χ3n) is 2.95. The molecule has 0 aliphatic rings. The first kappa shape index (κ1) is 15.5. The van der Waals surface area contributed by atoms with Gasteiger partial charge in [0.05, 0.1) is 6.54 Å². The molecule has 0 bridgehead atoms. The van der Waals surface area contributed by atoms with Crippen molar-refractivity contribution in [3.63, 3.8) is 0 Å². The summed E-state index contributed by atoms with van der Waals surface area (Å²) in [5.41, 5.74) is 8.37. The summed E-state index contributed by atoms with van der Waals surface area (Å²) in [5, 5.41) is 2.87. The van der Waals surface area contributed by atoms with Crippen molar-refractivity contribution in [1.82, 2.24) is 4.90 Å². The number of nitrogens with two attached hydrogens (primary N) is 1. The number of hydrogen-bond donors (Lipinski definition) is 2. The molecule has 0 saturated carbocycles. The molecule has 0 fully saturated rings. The minimum absolute atomic E-state index is 0.0382. The van der Waals surface area contributed by atoms with Crippen LogP contribution in [-0.2, 0) is 11.3 Å². The van der Waals surface area contributed by atoms with Crippen LogP contribution < -0.4 is 11.1 Å². The number of nitrogens with zero attached hydrogens (tertiary/aromatic N) is 1. The molecular formula is C16H18BrN3O. The largest absolute Gasteiger partial charge is 0.399 e. The Morgan fingerprint density at radius 2 is 1.95 bits per heavy atom. The molecule has 0 radical (unpaired) electrons. The molecule has 0 spiro atoms. The Bertz CT molecular complexity index is 613. The highest BCUT2D eigenvalue weighted by molar-refractivity contribution is 9.10. The van der Waals surface area contributed by atoms with Crippen LogP contribution in [0, 0.1) is 0 Å². The second-order valence-electron chi connectivity index (χ2n) is 4.97. The number of amides is 1. The second-order valence-corrected chi connectivity index (χ2v) is 5.89. The first-order valence-electron chi connectivity index (χ1n) is 6.61. The molecule has 0 aliphatic carbocycles. The Hall–Kier alpha value is -1.85. The Balaban J connectivity index is 1.86.